The number of para-hydroxylation sites is 1. The van der Waals surface area contributed by atoms with Crippen LogP contribution in [0.25, 0.3) is 15.8 Å². The molecule has 4 nitrogen and oxygen atoms in total. The van der Waals surface area contributed by atoms with Crippen LogP contribution >= 0.6 is 11.8 Å². The van der Waals surface area contributed by atoms with Crippen molar-refractivity contribution in [2.45, 2.75) is 4.90 Å². The van der Waals surface area contributed by atoms with E-state index in [1.165, 1.54) is 11.8 Å². The number of rotatable bonds is 3. The number of hydrogen-bond donors (Lipinski definition) is 2. The van der Waals surface area contributed by atoms with Crippen molar-refractivity contribution in [1.82, 2.24) is 15.0 Å². The Hall–Kier alpha value is -2.27. The largest absolute Gasteiger partial charge is 0.384 e. The van der Waals surface area contributed by atoms with Gasteiger partial charge in [0, 0.05) is 27.6 Å². The Kier molecular flexibility index (Phi) is 2.97. The van der Waals surface area contributed by atoms with E-state index in [9.17, 15) is 0 Å². The number of nitrogens with one attached hydrogen (secondary N) is 1. The Balaban J connectivity index is 2.03. The van der Waals surface area contributed by atoms with Gasteiger partial charge in [0.2, 0.25) is 0 Å². The number of nitrogen functional groups attached to an aromatic ring is 1. The number of anilines is 1. The van der Waals surface area contributed by atoms with Gasteiger partial charge in [0.25, 0.3) is 0 Å². The van der Waals surface area contributed by atoms with Gasteiger partial charge >= 0.3 is 0 Å². The first-order valence-corrected chi connectivity index (χ1v) is 6.57. The summed E-state index contributed by atoms with van der Waals surface area (Å²) in [7, 11) is 0. The maximum absolute atomic E-state index is 5.84. The van der Waals surface area contributed by atoms with E-state index in [1.807, 2.05) is 30.3 Å². The molecule has 0 atom stereocenters. The fourth-order valence-electron chi connectivity index (χ4n) is 1.85. The molecule has 0 amide bonds. The number of H-pyrrole nitrogens is 1. The smallest absolute Gasteiger partial charge is 0.143 e. The summed E-state index contributed by atoms with van der Waals surface area (Å²) in [5.74, 6) is 1.28. The molecule has 0 aliphatic carbocycles. The molecule has 0 fully saturated rings. The lowest BCUT2D eigenvalue weighted by molar-refractivity contribution is 1.26. The summed E-state index contributed by atoms with van der Waals surface area (Å²) >= 11 is 1.54. The van der Waals surface area contributed by atoms with Gasteiger partial charge in [-0.15, -0.1) is 0 Å². The van der Waals surface area contributed by atoms with Crippen molar-refractivity contribution in [3.05, 3.63) is 55.1 Å². The molecule has 0 bridgehead atoms. The Morgan fingerprint density at radius 3 is 2.95 bits per heavy atom. The minimum Gasteiger partial charge on any atom is -0.384 e. The highest BCUT2D eigenvalue weighted by Gasteiger charge is 2.09. The third kappa shape index (κ3) is 2.32. The van der Waals surface area contributed by atoms with Crippen LogP contribution in [0.1, 0.15) is 5.82 Å². The Labute approximate surface area is 114 Å². The summed E-state index contributed by atoms with van der Waals surface area (Å²) in [5.41, 5.74) is 6.73. The zero-order valence-electron chi connectivity index (χ0n) is 10.1. The Morgan fingerprint density at radius 2 is 2.16 bits per heavy atom. The average molecular weight is 268 g/mol. The summed E-state index contributed by atoms with van der Waals surface area (Å²) in [6, 6.07) is 9.77. The minimum atomic E-state index is 0.508. The highest BCUT2D eigenvalue weighted by atomic mass is 32.2. The molecule has 5 heteroatoms. The van der Waals surface area contributed by atoms with E-state index in [-0.39, 0.29) is 0 Å². The van der Waals surface area contributed by atoms with Crippen LogP contribution in [0.5, 0.6) is 0 Å². The number of nitrogens with two attached hydrogens (primary N) is 1. The third-order valence-electron chi connectivity index (χ3n) is 2.69. The van der Waals surface area contributed by atoms with Crippen LogP contribution in [-0.4, -0.2) is 15.0 Å². The van der Waals surface area contributed by atoms with E-state index in [0.29, 0.717) is 5.82 Å². The monoisotopic (exact) mass is 268 g/mol. The van der Waals surface area contributed by atoms with E-state index in [2.05, 4.69) is 21.5 Å². The molecule has 0 saturated heterocycles. The molecule has 0 aliphatic heterocycles. The first-order valence-electron chi connectivity index (χ1n) is 5.76. The van der Waals surface area contributed by atoms with E-state index < -0.39 is 0 Å². The van der Waals surface area contributed by atoms with Crippen LogP contribution in [0.3, 0.4) is 0 Å². The van der Waals surface area contributed by atoms with Gasteiger partial charge in [-0.2, -0.15) is 0 Å². The number of fused-ring (bicyclic) bond motifs is 1. The van der Waals surface area contributed by atoms with Crippen molar-refractivity contribution in [3.63, 3.8) is 0 Å². The molecule has 0 saturated carbocycles. The van der Waals surface area contributed by atoms with Crippen LogP contribution in [0, 0.1) is 0 Å². The Morgan fingerprint density at radius 1 is 1.32 bits per heavy atom. The van der Waals surface area contributed by atoms with E-state index in [0.717, 1.165) is 26.5 Å². The SMILES string of the molecule is C=C(Sc1cc(N)nc2ccccc12)c1ncc[nH]1. The molecule has 3 aromatic rings. The first kappa shape index (κ1) is 11.8. The minimum absolute atomic E-state index is 0.508. The predicted octanol–water partition coefficient (Wildman–Crippen LogP) is 3.30. The van der Waals surface area contributed by atoms with Crippen LogP contribution in [0.2, 0.25) is 0 Å². The highest BCUT2D eigenvalue weighted by Crippen LogP contribution is 2.36. The molecular formula is C14H12N4S. The van der Waals surface area contributed by atoms with Crippen LogP contribution in [-0.2, 0) is 0 Å². The summed E-state index contributed by atoms with van der Waals surface area (Å²) in [4.78, 5) is 13.4. The number of aromatic nitrogens is 3. The summed E-state index contributed by atoms with van der Waals surface area (Å²) in [6.07, 6.45) is 3.49. The lowest BCUT2D eigenvalue weighted by Gasteiger charge is -2.07. The molecule has 94 valence electrons. The van der Waals surface area contributed by atoms with Crippen molar-refractivity contribution in [2.75, 3.05) is 5.73 Å². The molecule has 0 radical (unpaired) electrons. The average Bonchev–Trinajstić information content (AvgIpc) is 2.92. The van der Waals surface area contributed by atoms with E-state index in [4.69, 9.17) is 5.73 Å². The number of thioether (sulfide) groups is 1. The molecule has 0 spiro atoms. The van der Waals surface area contributed by atoms with Gasteiger partial charge in [0.15, 0.2) is 0 Å². The molecule has 1 aromatic carbocycles. The number of nitrogens with zero attached hydrogens (tertiary/aromatic N) is 2. The number of imidazole rings is 1. The predicted molar refractivity (Wildman–Crippen MR) is 79.6 cm³/mol. The van der Waals surface area contributed by atoms with Gasteiger partial charge < -0.3 is 10.7 Å². The van der Waals surface area contributed by atoms with Crippen molar-refractivity contribution in [2.24, 2.45) is 0 Å². The van der Waals surface area contributed by atoms with Crippen molar-refractivity contribution in [3.8, 4) is 0 Å². The molecule has 19 heavy (non-hydrogen) atoms. The topological polar surface area (TPSA) is 67.6 Å². The van der Waals surface area contributed by atoms with Crippen molar-refractivity contribution >= 4 is 33.4 Å². The lowest BCUT2D eigenvalue weighted by atomic mass is 10.2. The molecule has 0 aliphatic rings. The van der Waals surface area contributed by atoms with Gasteiger partial charge in [0.1, 0.15) is 11.6 Å². The zero-order valence-corrected chi connectivity index (χ0v) is 10.9. The van der Waals surface area contributed by atoms with Gasteiger partial charge in [-0.25, -0.2) is 9.97 Å². The highest BCUT2D eigenvalue weighted by molar-refractivity contribution is 8.08. The summed E-state index contributed by atoms with van der Waals surface area (Å²) < 4.78 is 0. The number of hydrogen-bond acceptors (Lipinski definition) is 4. The van der Waals surface area contributed by atoms with Crippen molar-refractivity contribution < 1.29 is 0 Å². The fourth-order valence-corrected chi connectivity index (χ4v) is 2.78. The number of aromatic amines is 1. The first-order chi connectivity index (χ1) is 9.24. The molecule has 3 rings (SSSR count). The molecule has 2 aromatic heterocycles. The second kappa shape index (κ2) is 4.78. The van der Waals surface area contributed by atoms with Crippen molar-refractivity contribution in [1.29, 1.82) is 0 Å². The standard InChI is InChI=1S/C14H12N4S/c1-9(14-16-6-7-17-14)19-12-8-13(15)18-11-5-3-2-4-10(11)12/h2-8H,1H2,(H2,15,18)(H,16,17). The molecule has 2 heterocycles. The van der Waals surface area contributed by atoms with Gasteiger partial charge in [0.05, 0.1) is 5.52 Å². The molecular weight excluding hydrogens is 256 g/mol. The maximum atomic E-state index is 5.84. The molecule has 3 N–H and O–H groups in total. The van der Waals surface area contributed by atoms with E-state index in [1.54, 1.807) is 12.4 Å². The van der Waals surface area contributed by atoms with Gasteiger partial charge in [-0.1, -0.05) is 36.5 Å². The third-order valence-corrected chi connectivity index (χ3v) is 3.69. The fraction of sp³-hybridized carbons (Fsp3) is 0. The number of benzene rings is 1. The Bertz CT molecular complexity index is 734. The maximum Gasteiger partial charge on any atom is 0.143 e. The zero-order chi connectivity index (χ0) is 13.2. The molecule has 0 unspecified atom stereocenters. The quantitative estimate of drug-likeness (QED) is 0.715. The second-order valence-corrected chi connectivity index (χ2v) is 5.16. The number of pyridine rings is 1. The van der Waals surface area contributed by atoms with Gasteiger partial charge in [-0.3, -0.25) is 0 Å². The van der Waals surface area contributed by atoms with E-state index >= 15 is 0 Å². The van der Waals surface area contributed by atoms with Gasteiger partial charge in [-0.05, 0) is 12.1 Å². The van der Waals surface area contributed by atoms with Crippen LogP contribution in [0.4, 0.5) is 5.82 Å². The van der Waals surface area contributed by atoms with Crippen LogP contribution < -0.4 is 5.73 Å². The van der Waals surface area contributed by atoms with Crippen LogP contribution in [0.15, 0.2) is 54.2 Å². The normalized spacial score (nSPS) is 10.7. The second-order valence-electron chi connectivity index (χ2n) is 4.03. The lowest BCUT2D eigenvalue weighted by Crippen LogP contribution is -1.92. The summed E-state index contributed by atoms with van der Waals surface area (Å²) in [6.45, 7) is 4.04. The summed E-state index contributed by atoms with van der Waals surface area (Å²) in [5, 5.41) is 1.06.